The summed E-state index contributed by atoms with van der Waals surface area (Å²) in [7, 11) is 0. The molecule has 1 N–H and O–H groups in total. The quantitative estimate of drug-likeness (QED) is 0.379. The fraction of sp³-hybridized carbons (Fsp3) is 0.750. The molecule has 5 atom stereocenters. The van der Waals surface area contributed by atoms with E-state index in [2.05, 4.69) is 4.90 Å². The zero-order valence-corrected chi connectivity index (χ0v) is 22.4. The molecule has 3 saturated heterocycles. The van der Waals surface area contributed by atoms with Gasteiger partial charge < -0.3 is 29.1 Å². The summed E-state index contributed by atoms with van der Waals surface area (Å²) in [6, 6.07) is -0.905. The predicted octanol–water partition coefficient (Wildman–Crippen LogP) is 0.744. The second-order valence-corrected chi connectivity index (χ2v) is 10.9. The van der Waals surface area contributed by atoms with Gasteiger partial charge in [0, 0.05) is 45.9 Å². The van der Waals surface area contributed by atoms with Gasteiger partial charge in [0.2, 0.25) is 11.8 Å². The number of fused-ring (bicyclic) bond motifs is 2. The van der Waals surface area contributed by atoms with E-state index in [9.17, 15) is 19.5 Å². The van der Waals surface area contributed by atoms with Gasteiger partial charge in [-0.1, -0.05) is 31.2 Å². The number of carbonyl (C=O) groups excluding carboxylic acids is 3. The Morgan fingerprint density at radius 2 is 1.79 bits per heavy atom. The number of rotatable bonds is 7. The summed E-state index contributed by atoms with van der Waals surface area (Å²) in [5.74, 6) is -2.62. The van der Waals surface area contributed by atoms with Gasteiger partial charge in [-0.05, 0) is 32.1 Å². The van der Waals surface area contributed by atoms with Crippen LogP contribution < -0.4 is 0 Å². The van der Waals surface area contributed by atoms with Gasteiger partial charge in [0.15, 0.2) is 0 Å². The van der Waals surface area contributed by atoms with Gasteiger partial charge in [-0.2, -0.15) is 0 Å². The summed E-state index contributed by atoms with van der Waals surface area (Å²) >= 11 is 0. The van der Waals surface area contributed by atoms with Crippen LogP contribution in [-0.4, -0.2) is 121 Å². The monoisotopic (exact) mass is 531 g/mol. The summed E-state index contributed by atoms with van der Waals surface area (Å²) < 4.78 is 18.1. The van der Waals surface area contributed by atoms with Gasteiger partial charge >= 0.3 is 5.97 Å². The molecule has 210 valence electrons. The Morgan fingerprint density at radius 1 is 0.974 bits per heavy atom. The number of allylic oxidation sites excluding steroid dienone is 1. The summed E-state index contributed by atoms with van der Waals surface area (Å²) in [6.07, 6.45) is 11.1. The van der Waals surface area contributed by atoms with E-state index in [1.165, 1.54) is 0 Å². The lowest BCUT2D eigenvalue weighted by molar-refractivity contribution is -0.161. The third-order valence-electron chi connectivity index (χ3n) is 8.81. The molecule has 5 heterocycles. The number of cyclic esters (lactones) is 1. The minimum absolute atomic E-state index is 0.104. The van der Waals surface area contributed by atoms with E-state index >= 15 is 0 Å². The molecule has 38 heavy (non-hydrogen) atoms. The topological polar surface area (TPSA) is 109 Å². The maximum atomic E-state index is 14.3. The van der Waals surface area contributed by atoms with Crippen molar-refractivity contribution in [2.45, 2.75) is 56.3 Å². The van der Waals surface area contributed by atoms with Crippen LogP contribution in [0.15, 0.2) is 24.3 Å². The minimum Gasteiger partial charge on any atom is -0.465 e. The summed E-state index contributed by atoms with van der Waals surface area (Å²) in [4.78, 5) is 47.6. The molecule has 0 bridgehead atoms. The van der Waals surface area contributed by atoms with Crippen molar-refractivity contribution in [2.75, 3.05) is 65.7 Å². The Morgan fingerprint density at radius 3 is 2.55 bits per heavy atom. The average molecular weight is 532 g/mol. The van der Waals surface area contributed by atoms with E-state index in [1.54, 1.807) is 9.80 Å². The molecule has 5 rings (SSSR count). The Balaban J connectivity index is 1.52. The second-order valence-electron chi connectivity index (χ2n) is 10.9. The molecule has 3 fully saturated rings. The van der Waals surface area contributed by atoms with Crippen molar-refractivity contribution >= 4 is 17.8 Å². The van der Waals surface area contributed by atoms with Crippen LogP contribution in [0.5, 0.6) is 0 Å². The second kappa shape index (κ2) is 11.5. The molecule has 1 spiro atoms. The van der Waals surface area contributed by atoms with Gasteiger partial charge in [-0.25, -0.2) is 0 Å². The van der Waals surface area contributed by atoms with Gasteiger partial charge in [-0.3, -0.25) is 19.3 Å². The Labute approximate surface area is 224 Å². The number of amides is 2. The first-order valence-electron chi connectivity index (χ1n) is 14.2. The minimum atomic E-state index is -1.28. The standard InChI is InChI=1S/C28H41N3O7/c1-2-27-9-5-3-4-6-18-37-26(35)22(27)21-24(33)31(12-8-17-32)23-25(34)30(11-7-10-28(21,23)38-27)14-13-29-15-19-36-20-16-29/h5,7,9-10,21-23,32H,2-4,6,8,11-20H2,1H3/b9-5-/t21-,22-,23?,27+,28-/m0/s1. The summed E-state index contributed by atoms with van der Waals surface area (Å²) in [6.45, 7) is 7.03. The highest BCUT2D eigenvalue weighted by Gasteiger charge is 2.75. The fourth-order valence-corrected chi connectivity index (χ4v) is 6.85. The van der Waals surface area contributed by atoms with Crippen LogP contribution in [0.2, 0.25) is 0 Å². The van der Waals surface area contributed by atoms with E-state index in [0.717, 1.165) is 32.4 Å². The van der Waals surface area contributed by atoms with Crippen LogP contribution in [0.25, 0.3) is 0 Å². The van der Waals surface area contributed by atoms with E-state index in [0.29, 0.717) is 52.3 Å². The van der Waals surface area contributed by atoms with Gasteiger partial charge in [0.05, 0.1) is 25.7 Å². The Kier molecular flexibility index (Phi) is 8.23. The molecule has 5 aliphatic heterocycles. The number of esters is 1. The third-order valence-corrected chi connectivity index (χ3v) is 8.81. The molecular formula is C28H41N3O7. The number of hydrogen-bond acceptors (Lipinski definition) is 8. The van der Waals surface area contributed by atoms with Crippen LogP contribution in [0, 0.1) is 11.8 Å². The van der Waals surface area contributed by atoms with Gasteiger partial charge in [0.1, 0.15) is 23.2 Å². The first-order valence-corrected chi connectivity index (χ1v) is 14.2. The Bertz CT molecular complexity index is 964. The number of morpholine rings is 1. The zero-order valence-electron chi connectivity index (χ0n) is 22.4. The number of hydrogen-bond donors (Lipinski definition) is 1. The highest BCUT2D eigenvalue weighted by molar-refractivity contribution is 5.99. The maximum Gasteiger partial charge on any atom is 0.313 e. The zero-order chi connectivity index (χ0) is 26.8. The van der Waals surface area contributed by atoms with E-state index in [-0.39, 0.29) is 25.0 Å². The highest BCUT2D eigenvalue weighted by Crippen LogP contribution is 2.58. The van der Waals surface area contributed by atoms with Gasteiger partial charge in [-0.15, -0.1) is 0 Å². The molecule has 0 aromatic carbocycles. The normalized spacial score (nSPS) is 36.9. The lowest BCUT2D eigenvalue weighted by Gasteiger charge is -2.39. The summed E-state index contributed by atoms with van der Waals surface area (Å²) in [5, 5.41) is 9.57. The van der Waals surface area contributed by atoms with Crippen LogP contribution in [0.1, 0.15) is 39.0 Å². The van der Waals surface area contributed by atoms with Crippen molar-refractivity contribution in [2.24, 2.45) is 11.8 Å². The summed E-state index contributed by atoms with van der Waals surface area (Å²) in [5.41, 5.74) is -2.32. The maximum absolute atomic E-state index is 14.3. The molecule has 0 aromatic rings. The van der Waals surface area contributed by atoms with Crippen molar-refractivity contribution in [3.63, 3.8) is 0 Å². The highest BCUT2D eigenvalue weighted by atomic mass is 16.6. The van der Waals surface area contributed by atoms with E-state index in [1.807, 2.05) is 31.2 Å². The lowest BCUT2D eigenvalue weighted by Crippen LogP contribution is -2.57. The van der Waals surface area contributed by atoms with Crippen LogP contribution in [-0.2, 0) is 28.6 Å². The third kappa shape index (κ3) is 4.69. The molecule has 2 amide bonds. The first kappa shape index (κ1) is 27.3. The van der Waals surface area contributed by atoms with E-state index < -0.39 is 35.0 Å². The van der Waals surface area contributed by atoms with Crippen LogP contribution in [0.3, 0.4) is 0 Å². The van der Waals surface area contributed by atoms with Crippen molar-refractivity contribution in [3.8, 4) is 0 Å². The predicted molar refractivity (Wildman–Crippen MR) is 138 cm³/mol. The largest absolute Gasteiger partial charge is 0.465 e. The molecule has 10 heteroatoms. The number of aliphatic hydroxyl groups is 1. The fourth-order valence-electron chi connectivity index (χ4n) is 6.85. The van der Waals surface area contributed by atoms with Crippen molar-refractivity contribution < 1.29 is 33.7 Å². The molecule has 10 nitrogen and oxygen atoms in total. The molecular weight excluding hydrogens is 490 g/mol. The van der Waals surface area contributed by atoms with Gasteiger partial charge in [0.25, 0.3) is 0 Å². The molecule has 0 saturated carbocycles. The number of nitrogens with zero attached hydrogens (tertiary/aromatic N) is 3. The first-order chi connectivity index (χ1) is 18.5. The molecule has 0 radical (unpaired) electrons. The SMILES string of the molecule is CC[C@@]12/C=C\CCCCOC(=O)[C@@H]1[C@H]1C(=O)N(CCCO)C3C(=O)N(CCN4CCOCC4)CC=C[C@@]31O2. The average Bonchev–Trinajstić information content (AvgIpc) is 3.28. The van der Waals surface area contributed by atoms with Crippen LogP contribution in [0.4, 0.5) is 0 Å². The van der Waals surface area contributed by atoms with Crippen molar-refractivity contribution in [1.29, 1.82) is 0 Å². The lowest BCUT2D eigenvalue weighted by atomic mass is 9.73. The number of carbonyl (C=O) groups is 3. The van der Waals surface area contributed by atoms with Crippen molar-refractivity contribution in [3.05, 3.63) is 24.3 Å². The molecule has 0 aliphatic carbocycles. The smallest absolute Gasteiger partial charge is 0.313 e. The van der Waals surface area contributed by atoms with E-state index in [4.69, 9.17) is 14.2 Å². The molecule has 0 aromatic heterocycles. The Hall–Kier alpha value is -2.27. The number of ether oxygens (including phenoxy) is 3. The molecule has 5 aliphatic rings. The molecule has 1 unspecified atom stereocenters. The van der Waals surface area contributed by atoms with Crippen molar-refractivity contribution in [1.82, 2.24) is 14.7 Å². The number of aliphatic hydroxyl groups excluding tert-OH is 1. The van der Waals surface area contributed by atoms with Crippen LogP contribution >= 0.6 is 0 Å². The number of likely N-dealkylation sites (tertiary alicyclic amines) is 1.